The van der Waals surface area contributed by atoms with Gasteiger partial charge in [-0.1, -0.05) is 51.5 Å². The summed E-state index contributed by atoms with van der Waals surface area (Å²) in [4.78, 5) is 11.2. The highest BCUT2D eigenvalue weighted by molar-refractivity contribution is 6.53. The van der Waals surface area contributed by atoms with Crippen LogP contribution in [0.25, 0.3) is 0 Å². The Morgan fingerprint density at radius 1 is 0.929 bits per heavy atom. The number of unbranched alkanes of at least 4 members (excludes halogenated alkanes) is 7. The molecule has 166 valence electrons. The lowest BCUT2D eigenvalue weighted by atomic mass is 10.1. The van der Waals surface area contributed by atoms with E-state index in [0.29, 0.717) is 25.4 Å². The Labute approximate surface area is 173 Å². The molecule has 0 aromatic carbocycles. The molecule has 7 heteroatoms. The third kappa shape index (κ3) is 13.4. The maximum atomic E-state index is 11.2. The van der Waals surface area contributed by atoms with Crippen LogP contribution >= 0.6 is 0 Å². The number of ether oxygens (including phenoxy) is 1. The molecule has 1 unspecified atom stereocenters. The largest absolute Gasteiger partial charge is 0.679 e. The van der Waals surface area contributed by atoms with E-state index < -0.39 is 9.05 Å². The molecule has 0 aromatic heterocycles. The summed E-state index contributed by atoms with van der Waals surface area (Å²) in [5.74, 6) is -0.286. The molecule has 0 bridgehead atoms. The smallest absolute Gasteiger partial charge is 0.462 e. The molecule has 0 spiro atoms. The van der Waals surface area contributed by atoms with E-state index >= 15 is 0 Å². The van der Waals surface area contributed by atoms with Crippen molar-refractivity contribution in [3.63, 3.8) is 0 Å². The van der Waals surface area contributed by atoms with Crippen molar-refractivity contribution in [3.8, 4) is 0 Å². The minimum atomic E-state index is -2.98. The molecule has 0 amide bonds. The molecular formula is C21H42O6Si. The summed E-state index contributed by atoms with van der Waals surface area (Å²) >= 11 is 0. The molecule has 0 aliphatic carbocycles. The zero-order chi connectivity index (χ0) is 21.3. The molecule has 0 radical (unpaired) electrons. The Balaban J connectivity index is 3.66. The summed E-state index contributed by atoms with van der Waals surface area (Å²) in [6.45, 7) is 12.7. The van der Waals surface area contributed by atoms with Crippen molar-refractivity contribution in [1.82, 2.24) is 0 Å². The Morgan fingerprint density at radius 2 is 1.43 bits per heavy atom. The average Bonchev–Trinajstić information content (AvgIpc) is 2.66. The van der Waals surface area contributed by atoms with Crippen LogP contribution in [-0.2, 0) is 27.2 Å². The van der Waals surface area contributed by atoms with Crippen molar-refractivity contribution in [2.75, 3.05) is 26.9 Å². The molecule has 0 saturated carbocycles. The van der Waals surface area contributed by atoms with Crippen LogP contribution in [-0.4, -0.2) is 48.1 Å². The SMILES string of the molecule is C=C(C)C(=O)OCCCCCCCCCCC(C)O[Si](OC)(OCC)OCC. The second-order valence-corrected chi connectivity index (χ2v) is 9.25. The molecule has 0 N–H and O–H groups in total. The van der Waals surface area contributed by atoms with Crippen LogP contribution in [0.2, 0.25) is 0 Å². The molecule has 0 saturated heterocycles. The third-order valence-electron chi connectivity index (χ3n) is 4.32. The fraction of sp³-hybridized carbons (Fsp3) is 0.857. The van der Waals surface area contributed by atoms with Gasteiger partial charge in [0.05, 0.1) is 6.61 Å². The lowest BCUT2D eigenvalue weighted by molar-refractivity contribution is -0.139. The molecule has 0 aliphatic rings. The van der Waals surface area contributed by atoms with Crippen LogP contribution in [0.1, 0.15) is 85.5 Å². The number of rotatable bonds is 19. The average molecular weight is 419 g/mol. The van der Waals surface area contributed by atoms with Gasteiger partial charge in [0.1, 0.15) is 0 Å². The molecule has 0 aliphatic heterocycles. The Hall–Kier alpha value is -0.733. The minimum Gasteiger partial charge on any atom is -0.462 e. The van der Waals surface area contributed by atoms with Crippen molar-refractivity contribution in [1.29, 1.82) is 0 Å². The first kappa shape index (κ1) is 27.3. The summed E-state index contributed by atoms with van der Waals surface area (Å²) in [6.07, 6.45) is 10.3. The van der Waals surface area contributed by atoms with Gasteiger partial charge in [-0.05, 0) is 40.5 Å². The van der Waals surface area contributed by atoms with E-state index in [1.165, 1.54) is 32.1 Å². The fourth-order valence-corrected chi connectivity index (χ4v) is 4.69. The van der Waals surface area contributed by atoms with Crippen LogP contribution in [0.4, 0.5) is 0 Å². The summed E-state index contributed by atoms with van der Waals surface area (Å²) in [6, 6.07) is 0. The highest BCUT2D eigenvalue weighted by Gasteiger charge is 2.45. The van der Waals surface area contributed by atoms with Crippen molar-refractivity contribution >= 4 is 15.0 Å². The van der Waals surface area contributed by atoms with Crippen LogP contribution in [0.3, 0.4) is 0 Å². The number of carbonyl (C=O) groups is 1. The maximum absolute atomic E-state index is 11.2. The Morgan fingerprint density at radius 3 is 1.89 bits per heavy atom. The first-order valence-corrected chi connectivity index (χ1v) is 12.4. The first-order chi connectivity index (χ1) is 13.4. The normalized spacial score (nSPS) is 12.8. The van der Waals surface area contributed by atoms with Gasteiger partial charge in [0.25, 0.3) is 0 Å². The van der Waals surface area contributed by atoms with Gasteiger partial charge in [-0.15, -0.1) is 0 Å². The van der Waals surface area contributed by atoms with E-state index in [9.17, 15) is 4.79 Å². The van der Waals surface area contributed by atoms with E-state index in [0.717, 1.165) is 25.7 Å². The van der Waals surface area contributed by atoms with E-state index in [1.54, 1.807) is 14.0 Å². The predicted octanol–water partition coefficient (Wildman–Crippen LogP) is 5.18. The van der Waals surface area contributed by atoms with Gasteiger partial charge in [0.2, 0.25) is 0 Å². The zero-order valence-electron chi connectivity index (χ0n) is 18.7. The molecule has 6 nitrogen and oxygen atoms in total. The molecular weight excluding hydrogens is 376 g/mol. The fourth-order valence-electron chi connectivity index (χ4n) is 2.82. The standard InChI is InChI=1S/C21H42O6Si/c1-7-25-28(23-6,26-8-2)27-20(5)17-15-13-11-9-10-12-14-16-18-24-21(22)19(3)4/h20H,3,7-18H2,1-2,4-6H3. The minimum absolute atomic E-state index is 0.0617. The van der Waals surface area contributed by atoms with Crippen LogP contribution in [0, 0.1) is 0 Å². The van der Waals surface area contributed by atoms with Crippen molar-refractivity contribution < 1.29 is 27.2 Å². The molecule has 0 aromatic rings. The summed E-state index contributed by atoms with van der Waals surface area (Å²) in [5, 5.41) is 0. The van der Waals surface area contributed by atoms with E-state index in [4.69, 9.17) is 22.4 Å². The third-order valence-corrected chi connectivity index (χ3v) is 6.80. The van der Waals surface area contributed by atoms with Crippen LogP contribution < -0.4 is 0 Å². The zero-order valence-corrected chi connectivity index (χ0v) is 19.7. The van der Waals surface area contributed by atoms with Crippen molar-refractivity contribution in [3.05, 3.63) is 12.2 Å². The number of carbonyl (C=O) groups excluding carboxylic acids is 1. The summed E-state index contributed by atoms with van der Waals surface area (Å²) in [7, 11) is -1.39. The van der Waals surface area contributed by atoms with Crippen LogP contribution in [0.15, 0.2) is 12.2 Å². The highest BCUT2D eigenvalue weighted by Crippen LogP contribution is 2.18. The Kier molecular flexibility index (Phi) is 16.7. The lowest BCUT2D eigenvalue weighted by Gasteiger charge is -2.28. The van der Waals surface area contributed by atoms with Gasteiger partial charge in [0.15, 0.2) is 0 Å². The second-order valence-electron chi connectivity index (χ2n) is 7.03. The van der Waals surface area contributed by atoms with Gasteiger partial charge >= 0.3 is 15.0 Å². The maximum Gasteiger partial charge on any atom is 0.679 e. The quantitative estimate of drug-likeness (QED) is 0.125. The topological polar surface area (TPSA) is 63.2 Å². The van der Waals surface area contributed by atoms with Crippen LogP contribution in [0.5, 0.6) is 0 Å². The molecule has 1 atom stereocenters. The second kappa shape index (κ2) is 17.2. The van der Waals surface area contributed by atoms with Gasteiger partial charge < -0.3 is 22.4 Å². The molecule has 0 heterocycles. The summed E-state index contributed by atoms with van der Waals surface area (Å²) < 4.78 is 27.9. The van der Waals surface area contributed by atoms with Crippen molar-refractivity contribution in [2.45, 2.75) is 91.6 Å². The predicted molar refractivity (Wildman–Crippen MR) is 114 cm³/mol. The van der Waals surface area contributed by atoms with Crippen molar-refractivity contribution in [2.24, 2.45) is 0 Å². The highest BCUT2D eigenvalue weighted by atomic mass is 28.4. The molecule has 0 fully saturated rings. The molecule has 0 rings (SSSR count). The number of hydrogen-bond acceptors (Lipinski definition) is 6. The first-order valence-electron chi connectivity index (χ1n) is 10.7. The summed E-state index contributed by atoms with van der Waals surface area (Å²) in [5.41, 5.74) is 0.464. The molecule has 28 heavy (non-hydrogen) atoms. The number of esters is 1. The van der Waals surface area contributed by atoms with E-state index in [1.807, 2.05) is 13.8 Å². The number of hydrogen-bond donors (Lipinski definition) is 0. The monoisotopic (exact) mass is 418 g/mol. The Bertz CT molecular complexity index is 410. The van der Waals surface area contributed by atoms with E-state index in [-0.39, 0.29) is 12.1 Å². The van der Waals surface area contributed by atoms with Gasteiger partial charge in [0, 0.05) is 32.0 Å². The van der Waals surface area contributed by atoms with Gasteiger partial charge in [-0.25, -0.2) is 4.79 Å². The van der Waals surface area contributed by atoms with E-state index in [2.05, 4.69) is 13.5 Å². The van der Waals surface area contributed by atoms with Gasteiger partial charge in [-0.2, -0.15) is 0 Å². The lowest BCUT2D eigenvalue weighted by Crippen LogP contribution is -2.50. The van der Waals surface area contributed by atoms with Gasteiger partial charge in [-0.3, -0.25) is 0 Å².